The third kappa shape index (κ3) is 751. The van der Waals surface area contributed by atoms with Crippen molar-refractivity contribution in [1.82, 2.24) is 0 Å². The van der Waals surface area contributed by atoms with Gasteiger partial charge in [0, 0.05) is 6.92 Å². The number of aliphatic carboxylic acids is 1. The lowest BCUT2D eigenvalue weighted by Gasteiger charge is -1.59. The van der Waals surface area contributed by atoms with Crippen LogP contribution in [0.25, 0.3) is 0 Å². The Kier molecular flexibility index (Phi) is 39.4. The number of hydrogen-bond donors (Lipinski definition) is 3. The molecule has 0 radical (unpaired) electrons. The maximum atomic E-state index is 9.00. The van der Waals surface area contributed by atoms with Crippen molar-refractivity contribution in [2.24, 2.45) is 0 Å². The molecule has 46 valence electrons. The highest BCUT2D eigenvalue weighted by Gasteiger charge is 1.65. The van der Waals surface area contributed by atoms with Crippen molar-refractivity contribution in [1.29, 1.82) is 0 Å². The summed E-state index contributed by atoms with van der Waals surface area (Å²) in [7, 11) is 0. The molecule has 0 aliphatic carbocycles. The fourth-order valence-corrected chi connectivity index (χ4v) is 0. The molecular weight excluding hydrogens is 123 g/mol. The van der Waals surface area contributed by atoms with E-state index in [1.54, 1.807) is 0 Å². The smallest absolute Gasteiger partial charge is 0.300 e. The van der Waals surface area contributed by atoms with Crippen molar-refractivity contribution in [2.75, 3.05) is 0 Å². The molecule has 0 aliphatic rings. The number of halogens is 1. The van der Waals surface area contributed by atoms with E-state index in [0.717, 1.165) is 6.92 Å². The van der Waals surface area contributed by atoms with Crippen molar-refractivity contribution >= 4 is 18.4 Å². The molecule has 0 aromatic rings. The molecule has 0 amide bonds. The van der Waals surface area contributed by atoms with Gasteiger partial charge in [-0.2, -0.15) is 0 Å². The van der Waals surface area contributed by atoms with Crippen LogP contribution < -0.4 is 0 Å². The van der Waals surface area contributed by atoms with Crippen LogP contribution in [0.1, 0.15) is 6.92 Å². The molecule has 0 aliphatic heterocycles. The monoisotopic (exact) mass is 130 g/mol. The highest BCUT2D eigenvalue weighted by molar-refractivity contribution is 5.85. The van der Waals surface area contributed by atoms with Gasteiger partial charge in [0.2, 0.25) is 0 Å². The molecule has 4 nitrogen and oxygen atoms in total. The second kappa shape index (κ2) is 17.3. The maximum absolute atomic E-state index is 9.00. The second-order valence-corrected chi connectivity index (χ2v) is 0.519. The maximum Gasteiger partial charge on any atom is 0.300 e. The van der Waals surface area contributed by atoms with Crippen LogP contribution in [0.5, 0.6) is 0 Å². The standard InChI is InChI=1S/C2H4O2.ClH.H2O2/c1-2(3)4;;1-2/h1H3,(H,3,4);1H;1-2H. The Morgan fingerprint density at radius 2 is 1.43 bits per heavy atom. The lowest BCUT2D eigenvalue weighted by molar-refractivity contribution is -0.176. The van der Waals surface area contributed by atoms with Crippen LogP contribution in [0.15, 0.2) is 0 Å². The summed E-state index contributed by atoms with van der Waals surface area (Å²) in [5, 5.41) is 19.4. The molecule has 0 heterocycles. The van der Waals surface area contributed by atoms with Gasteiger partial charge >= 0.3 is 0 Å². The van der Waals surface area contributed by atoms with E-state index >= 15 is 0 Å². The molecule has 0 unspecified atom stereocenters. The zero-order valence-corrected chi connectivity index (χ0v) is 4.47. The minimum absolute atomic E-state index is 0. The van der Waals surface area contributed by atoms with Gasteiger partial charge in [0.25, 0.3) is 5.97 Å². The van der Waals surface area contributed by atoms with E-state index in [9.17, 15) is 0 Å². The largest absolute Gasteiger partial charge is 0.481 e. The Labute approximate surface area is 46.7 Å². The summed E-state index contributed by atoms with van der Waals surface area (Å²) >= 11 is 0. The van der Waals surface area contributed by atoms with Crippen molar-refractivity contribution in [3.8, 4) is 0 Å². The van der Waals surface area contributed by atoms with Crippen molar-refractivity contribution < 1.29 is 20.4 Å². The predicted molar refractivity (Wildman–Crippen MR) is 25.8 cm³/mol. The van der Waals surface area contributed by atoms with Crippen molar-refractivity contribution in [2.45, 2.75) is 6.92 Å². The first-order chi connectivity index (χ1) is 2.73. The van der Waals surface area contributed by atoms with Crippen molar-refractivity contribution in [3.05, 3.63) is 0 Å². The quantitative estimate of drug-likeness (QED) is 0.330. The summed E-state index contributed by atoms with van der Waals surface area (Å²) in [6.07, 6.45) is 0. The van der Waals surface area contributed by atoms with Crippen LogP contribution in [0.3, 0.4) is 0 Å². The Morgan fingerprint density at radius 3 is 1.43 bits per heavy atom. The molecule has 0 aromatic carbocycles. The molecule has 3 N–H and O–H groups in total. The molecule has 0 aromatic heterocycles. The third-order valence-corrected chi connectivity index (χ3v) is 0. The number of rotatable bonds is 0. The van der Waals surface area contributed by atoms with Gasteiger partial charge in [0.1, 0.15) is 0 Å². The summed E-state index contributed by atoms with van der Waals surface area (Å²) in [6, 6.07) is 0. The topological polar surface area (TPSA) is 77.8 Å². The molecule has 0 rings (SSSR count). The summed E-state index contributed by atoms with van der Waals surface area (Å²) in [6.45, 7) is 1.08. The van der Waals surface area contributed by atoms with Gasteiger partial charge in [-0.25, -0.2) is 0 Å². The first-order valence-electron chi connectivity index (χ1n) is 1.13. The molecule has 0 saturated heterocycles. The first-order valence-corrected chi connectivity index (χ1v) is 1.13. The zero-order valence-electron chi connectivity index (χ0n) is 3.66. The SMILES string of the molecule is CC(=O)O.Cl.OO. The van der Waals surface area contributed by atoms with E-state index in [1.165, 1.54) is 0 Å². The number of carboxylic acid groups (broad SMARTS) is 1. The molecule has 0 spiro atoms. The minimum atomic E-state index is -0.833. The number of carboxylic acids is 1. The van der Waals surface area contributed by atoms with Crippen LogP contribution in [0, 0.1) is 0 Å². The van der Waals surface area contributed by atoms with Crippen LogP contribution in [0.4, 0.5) is 0 Å². The minimum Gasteiger partial charge on any atom is -0.481 e. The molecule has 0 fully saturated rings. The molecular formula is C2H7ClO4. The Hall–Kier alpha value is -0.320. The molecule has 7 heavy (non-hydrogen) atoms. The van der Waals surface area contributed by atoms with E-state index in [2.05, 4.69) is 0 Å². The van der Waals surface area contributed by atoms with Crippen LogP contribution in [0.2, 0.25) is 0 Å². The molecule has 0 bridgehead atoms. The van der Waals surface area contributed by atoms with Crippen LogP contribution in [-0.2, 0) is 4.79 Å². The summed E-state index contributed by atoms with van der Waals surface area (Å²) in [5.74, 6) is -0.833. The number of carbonyl (C=O) groups is 1. The fraction of sp³-hybridized carbons (Fsp3) is 0.500. The van der Waals surface area contributed by atoms with E-state index in [1.807, 2.05) is 0 Å². The van der Waals surface area contributed by atoms with Crippen LogP contribution >= 0.6 is 12.4 Å². The highest BCUT2D eigenvalue weighted by atomic mass is 35.5. The molecule has 0 saturated carbocycles. The van der Waals surface area contributed by atoms with E-state index in [-0.39, 0.29) is 12.4 Å². The zero-order chi connectivity index (χ0) is 5.58. The third-order valence-electron chi connectivity index (χ3n) is 0. The van der Waals surface area contributed by atoms with Gasteiger partial charge in [-0.05, 0) is 0 Å². The average molecular weight is 131 g/mol. The fourth-order valence-electron chi connectivity index (χ4n) is 0. The number of hydrogen-bond acceptors (Lipinski definition) is 3. The second-order valence-electron chi connectivity index (χ2n) is 0.519. The summed E-state index contributed by atoms with van der Waals surface area (Å²) in [5.41, 5.74) is 0. The van der Waals surface area contributed by atoms with Gasteiger partial charge in [-0.1, -0.05) is 0 Å². The van der Waals surface area contributed by atoms with Gasteiger partial charge in [-0.15, -0.1) is 12.4 Å². The molecule has 5 heteroatoms. The predicted octanol–water partition coefficient (Wildman–Crippen LogP) is 0.530. The first kappa shape index (κ1) is 15.9. The van der Waals surface area contributed by atoms with Crippen molar-refractivity contribution in [3.63, 3.8) is 0 Å². The van der Waals surface area contributed by atoms with E-state index in [4.69, 9.17) is 20.4 Å². The highest BCUT2D eigenvalue weighted by Crippen LogP contribution is 1.42. The summed E-state index contributed by atoms with van der Waals surface area (Å²) < 4.78 is 0. The van der Waals surface area contributed by atoms with Gasteiger partial charge in [-0.3, -0.25) is 15.3 Å². The average Bonchev–Trinajstić information content (AvgIpc) is 1.41. The van der Waals surface area contributed by atoms with Gasteiger partial charge in [0.05, 0.1) is 0 Å². The molecule has 0 atom stereocenters. The van der Waals surface area contributed by atoms with E-state index in [0.29, 0.717) is 0 Å². The Morgan fingerprint density at radius 1 is 1.43 bits per heavy atom. The lowest BCUT2D eigenvalue weighted by atomic mass is 10.9. The van der Waals surface area contributed by atoms with Gasteiger partial charge in [0.15, 0.2) is 0 Å². The summed E-state index contributed by atoms with van der Waals surface area (Å²) in [4.78, 5) is 9.00. The van der Waals surface area contributed by atoms with Crippen LogP contribution in [-0.4, -0.2) is 21.6 Å². The Bertz CT molecular complexity index is 32.7. The Balaban J connectivity index is -0.0000000480. The van der Waals surface area contributed by atoms with E-state index < -0.39 is 5.97 Å². The normalized spacial score (nSPS) is 4.43. The van der Waals surface area contributed by atoms with Gasteiger partial charge < -0.3 is 5.11 Å². The lowest BCUT2D eigenvalue weighted by Crippen LogP contribution is -1.78.